The number of furan rings is 1. The zero-order chi connectivity index (χ0) is 9.84. The van der Waals surface area contributed by atoms with E-state index in [-0.39, 0.29) is 23.7 Å². The Kier molecular flexibility index (Phi) is 2.60. The molecule has 0 aromatic carbocycles. The molecular formula is C9H7NO3. The summed E-state index contributed by atoms with van der Waals surface area (Å²) < 4.78 is 4.91. The predicted octanol–water partition coefficient (Wildman–Crippen LogP) is 1.58. The second-order valence-electron chi connectivity index (χ2n) is 2.48. The van der Waals surface area contributed by atoms with Crippen LogP contribution in [0.1, 0.15) is 34.5 Å². The van der Waals surface area contributed by atoms with Gasteiger partial charge in [-0.1, -0.05) is 0 Å². The van der Waals surface area contributed by atoms with Crippen LogP contribution in [0.15, 0.2) is 16.5 Å². The Bertz CT molecular complexity index is 384. The number of nitriles is 1. The van der Waals surface area contributed by atoms with Gasteiger partial charge in [-0.3, -0.25) is 9.59 Å². The zero-order valence-electron chi connectivity index (χ0n) is 7.03. The van der Waals surface area contributed by atoms with Gasteiger partial charge in [0.15, 0.2) is 17.3 Å². The average molecular weight is 177 g/mol. The van der Waals surface area contributed by atoms with E-state index in [0.29, 0.717) is 0 Å². The first-order valence-corrected chi connectivity index (χ1v) is 3.66. The maximum absolute atomic E-state index is 11.1. The zero-order valence-corrected chi connectivity index (χ0v) is 7.03. The molecule has 0 aliphatic carbocycles. The topological polar surface area (TPSA) is 71.1 Å². The summed E-state index contributed by atoms with van der Waals surface area (Å²) in [5.74, 6) is -0.445. The summed E-state index contributed by atoms with van der Waals surface area (Å²) in [5, 5.41) is 8.23. The number of carbonyl (C=O) groups excluding carboxylic acids is 2. The Morgan fingerprint density at radius 2 is 2.08 bits per heavy atom. The molecule has 0 spiro atoms. The molecule has 0 radical (unpaired) electrons. The third-order valence-corrected chi connectivity index (χ3v) is 1.47. The lowest BCUT2D eigenvalue weighted by Gasteiger charge is -1.88. The van der Waals surface area contributed by atoms with E-state index in [1.54, 1.807) is 6.07 Å². The monoisotopic (exact) mass is 177 g/mol. The van der Waals surface area contributed by atoms with Crippen LogP contribution in [0.5, 0.6) is 0 Å². The molecule has 0 unspecified atom stereocenters. The summed E-state index contributed by atoms with van der Waals surface area (Å²) in [4.78, 5) is 21.8. The van der Waals surface area contributed by atoms with Crippen molar-refractivity contribution in [2.24, 2.45) is 0 Å². The summed E-state index contributed by atoms with van der Waals surface area (Å²) >= 11 is 0. The normalized spacial score (nSPS) is 9.23. The third kappa shape index (κ3) is 2.03. The molecule has 0 atom stereocenters. The van der Waals surface area contributed by atoms with Crippen molar-refractivity contribution in [2.75, 3.05) is 0 Å². The highest BCUT2D eigenvalue weighted by atomic mass is 16.4. The van der Waals surface area contributed by atoms with E-state index >= 15 is 0 Å². The molecular weight excluding hydrogens is 170 g/mol. The van der Waals surface area contributed by atoms with Crippen LogP contribution < -0.4 is 0 Å². The fourth-order valence-electron chi connectivity index (χ4n) is 0.836. The van der Waals surface area contributed by atoms with Gasteiger partial charge in [0.1, 0.15) is 6.42 Å². The van der Waals surface area contributed by atoms with Crippen molar-refractivity contribution < 1.29 is 14.0 Å². The summed E-state index contributed by atoms with van der Waals surface area (Å²) in [6.45, 7) is 1.34. The lowest BCUT2D eigenvalue weighted by atomic mass is 10.2. The van der Waals surface area contributed by atoms with Gasteiger partial charge in [0.25, 0.3) is 0 Å². The Morgan fingerprint density at radius 1 is 1.46 bits per heavy atom. The molecule has 1 heterocycles. The first kappa shape index (κ1) is 9.20. The summed E-state index contributed by atoms with van der Waals surface area (Å²) in [6, 6.07) is 4.53. The minimum atomic E-state index is -0.407. The molecule has 0 aliphatic rings. The first-order valence-electron chi connectivity index (χ1n) is 3.66. The van der Waals surface area contributed by atoms with Crippen LogP contribution in [0.25, 0.3) is 0 Å². The fraction of sp³-hybridized carbons (Fsp3) is 0.222. The molecule has 0 saturated heterocycles. The van der Waals surface area contributed by atoms with Gasteiger partial charge < -0.3 is 4.42 Å². The number of rotatable bonds is 3. The molecule has 0 bridgehead atoms. The number of ketones is 2. The van der Waals surface area contributed by atoms with E-state index in [4.69, 9.17) is 9.68 Å². The summed E-state index contributed by atoms with van der Waals surface area (Å²) in [7, 11) is 0. The minimum absolute atomic E-state index is 0.0618. The number of hydrogen-bond acceptors (Lipinski definition) is 4. The second-order valence-corrected chi connectivity index (χ2v) is 2.48. The highest BCUT2D eigenvalue weighted by molar-refractivity contribution is 5.97. The molecule has 4 heteroatoms. The number of nitrogens with zero attached hydrogens (tertiary/aromatic N) is 1. The van der Waals surface area contributed by atoms with Crippen molar-refractivity contribution in [1.29, 1.82) is 5.26 Å². The molecule has 1 aromatic rings. The molecule has 4 nitrogen and oxygen atoms in total. The van der Waals surface area contributed by atoms with Gasteiger partial charge in [-0.15, -0.1) is 0 Å². The van der Waals surface area contributed by atoms with Crippen molar-refractivity contribution >= 4 is 11.6 Å². The fourth-order valence-corrected chi connectivity index (χ4v) is 0.836. The molecule has 0 saturated carbocycles. The molecule has 1 rings (SSSR count). The molecule has 0 aliphatic heterocycles. The number of carbonyl (C=O) groups is 2. The van der Waals surface area contributed by atoms with E-state index in [0.717, 1.165) is 0 Å². The lowest BCUT2D eigenvalue weighted by Crippen LogP contribution is -1.94. The molecule has 1 aromatic heterocycles. The van der Waals surface area contributed by atoms with Crippen LogP contribution in [0.2, 0.25) is 0 Å². The second kappa shape index (κ2) is 3.68. The Hall–Kier alpha value is -1.89. The highest BCUT2D eigenvalue weighted by Gasteiger charge is 2.12. The Labute approximate surface area is 74.8 Å². The van der Waals surface area contributed by atoms with Crippen LogP contribution in [0.4, 0.5) is 0 Å². The Balaban J connectivity index is 2.87. The number of Topliss-reactive ketones (excluding diaryl/α,β-unsaturated/α-hetero) is 2. The van der Waals surface area contributed by atoms with E-state index < -0.39 is 5.78 Å². The van der Waals surface area contributed by atoms with Crippen LogP contribution in [-0.2, 0) is 0 Å². The summed E-state index contributed by atoms with van der Waals surface area (Å²) in [6.07, 6.45) is -0.231. The van der Waals surface area contributed by atoms with E-state index in [1.807, 2.05) is 0 Å². The molecule has 13 heavy (non-hydrogen) atoms. The van der Waals surface area contributed by atoms with Gasteiger partial charge in [0.05, 0.1) is 6.07 Å². The quantitative estimate of drug-likeness (QED) is 0.657. The van der Waals surface area contributed by atoms with Crippen LogP contribution >= 0.6 is 0 Å². The third-order valence-electron chi connectivity index (χ3n) is 1.47. The maximum Gasteiger partial charge on any atom is 0.212 e. The van der Waals surface area contributed by atoms with Gasteiger partial charge in [0.2, 0.25) is 5.78 Å². The van der Waals surface area contributed by atoms with Crippen LogP contribution in [-0.4, -0.2) is 11.6 Å². The molecule has 0 fully saturated rings. The van der Waals surface area contributed by atoms with Gasteiger partial charge in [-0.2, -0.15) is 5.26 Å². The predicted molar refractivity (Wildman–Crippen MR) is 43.3 cm³/mol. The smallest absolute Gasteiger partial charge is 0.212 e. The van der Waals surface area contributed by atoms with Gasteiger partial charge in [-0.05, 0) is 12.1 Å². The van der Waals surface area contributed by atoms with Gasteiger partial charge in [0, 0.05) is 6.92 Å². The van der Waals surface area contributed by atoms with Crippen molar-refractivity contribution in [3.63, 3.8) is 0 Å². The van der Waals surface area contributed by atoms with E-state index in [9.17, 15) is 9.59 Å². The maximum atomic E-state index is 11.1. The first-order chi connectivity index (χ1) is 6.15. The van der Waals surface area contributed by atoms with Crippen molar-refractivity contribution in [3.8, 4) is 6.07 Å². The number of hydrogen-bond donors (Lipinski definition) is 0. The SMILES string of the molecule is CC(=O)c1ccc(C(=O)CC#N)o1. The van der Waals surface area contributed by atoms with E-state index in [2.05, 4.69) is 0 Å². The average Bonchev–Trinajstić information content (AvgIpc) is 2.52. The van der Waals surface area contributed by atoms with Gasteiger partial charge in [-0.25, -0.2) is 0 Å². The molecule has 0 amide bonds. The molecule has 0 N–H and O–H groups in total. The Morgan fingerprint density at radius 3 is 2.54 bits per heavy atom. The largest absolute Gasteiger partial charge is 0.450 e. The highest BCUT2D eigenvalue weighted by Crippen LogP contribution is 2.10. The van der Waals surface area contributed by atoms with Crippen molar-refractivity contribution in [1.82, 2.24) is 0 Å². The minimum Gasteiger partial charge on any atom is -0.450 e. The van der Waals surface area contributed by atoms with E-state index in [1.165, 1.54) is 19.1 Å². The molecule has 66 valence electrons. The van der Waals surface area contributed by atoms with Crippen molar-refractivity contribution in [2.45, 2.75) is 13.3 Å². The van der Waals surface area contributed by atoms with Crippen LogP contribution in [0.3, 0.4) is 0 Å². The standard InChI is InChI=1S/C9H7NO3/c1-6(11)8-2-3-9(13-8)7(12)4-5-10/h2-3H,4H2,1H3. The van der Waals surface area contributed by atoms with Crippen molar-refractivity contribution in [3.05, 3.63) is 23.7 Å². The lowest BCUT2D eigenvalue weighted by molar-refractivity contribution is 0.0955. The van der Waals surface area contributed by atoms with Crippen LogP contribution in [0, 0.1) is 11.3 Å². The van der Waals surface area contributed by atoms with Gasteiger partial charge >= 0.3 is 0 Å². The summed E-state index contributed by atoms with van der Waals surface area (Å²) in [5.41, 5.74) is 0.